The number of hydrogen-bond acceptors (Lipinski definition) is 12. The van der Waals surface area contributed by atoms with E-state index in [9.17, 15) is 65.8 Å². The Kier molecular flexibility index (Phi) is 17.5. The number of ketones is 2. The molecule has 0 bridgehead atoms. The monoisotopic (exact) mass is 949 g/mol. The number of aliphatic hydroxyl groups is 2. The van der Waals surface area contributed by atoms with Gasteiger partial charge in [0.1, 0.15) is 23.0 Å². The Morgan fingerprint density at radius 3 is 1.37 bits per heavy atom. The molecule has 68 heavy (non-hydrogen) atoms. The second kappa shape index (κ2) is 23.2. The predicted molar refractivity (Wildman–Crippen MR) is 233 cm³/mol. The fraction of sp³-hybridized carbons (Fsp3) is 0.224. The molecule has 0 saturated heterocycles. The summed E-state index contributed by atoms with van der Waals surface area (Å²) in [4.78, 5) is 62.6. The zero-order chi connectivity index (χ0) is 49.5. The van der Waals surface area contributed by atoms with Gasteiger partial charge < -0.3 is 29.2 Å². The molecule has 5 aromatic carbocycles. The molecule has 0 aliphatic heterocycles. The molecule has 13 nitrogen and oxygen atoms in total. The summed E-state index contributed by atoms with van der Waals surface area (Å²) in [6.45, 7) is -0.328. The lowest BCUT2D eigenvalue weighted by molar-refractivity contribution is -0.384. The molecule has 0 spiro atoms. The van der Waals surface area contributed by atoms with Crippen LogP contribution in [0.4, 0.5) is 32.0 Å². The van der Waals surface area contributed by atoms with Gasteiger partial charge in [0.25, 0.3) is 5.69 Å². The van der Waals surface area contributed by atoms with Crippen molar-refractivity contribution in [2.75, 3.05) is 13.2 Å². The molecule has 5 aromatic rings. The fourth-order valence-corrected chi connectivity index (χ4v) is 6.17. The largest absolute Gasteiger partial charge is 0.494 e. The number of allylic oxidation sites excluding steroid dienone is 1. The van der Waals surface area contributed by atoms with Crippen LogP contribution in [-0.4, -0.2) is 70.0 Å². The number of benzene rings is 5. The van der Waals surface area contributed by atoms with E-state index in [1.54, 1.807) is 0 Å². The van der Waals surface area contributed by atoms with Gasteiger partial charge in [-0.25, -0.2) is 9.59 Å². The Morgan fingerprint density at radius 1 is 0.574 bits per heavy atom. The Hall–Kier alpha value is -7.64. The number of non-ortho nitro benzene ring substituents is 1. The molecule has 0 aliphatic carbocycles. The maximum absolute atomic E-state index is 13.4. The molecule has 0 fully saturated rings. The van der Waals surface area contributed by atoms with E-state index in [2.05, 4.69) is 0 Å². The van der Waals surface area contributed by atoms with Crippen LogP contribution in [0.5, 0.6) is 23.0 Å². The number of esters is 2. The third kappa shape index (κ3) is 16.4. The number of carbonyl (C=O) groups excluding carboxylic acids is 4. The fourth-order valence-electron chi connectivity index (χ4n) is 6.17. The van der Waals surface area contributed by atoms with Crippen molar-refractivity contribution in [2.45, 2.75) is 56.2 Å². The van der Waals surface area contributed by atoms with Crippen molar-refractivity contribution in [2.24, 2.45) is 0 Å². The number of nitrogens with zero attached hydrogens (tertiary/aromatic N) is 1. The summed E-state index contributed by atoms with van der Waals surface area (Å²) in [6, 6.07) is 27.3. The minimum atomic E-state index is -4.29. The second-order valence-corrected chi connectivity index (χ2v) is 14.9. The van der Waals surface area contributed by atoms with Crippen LogP contribution >= 0.6 is 0 Å². The summed E-state index contributed by atoms with van der Waals surface area (Å²) in [5.74, 6) is -7.45. The van der Waals surface area contributed by atoms with Gasteiger partial charge in [0.2, 0.25) is 11.6 Å². The van der Waals surface area contributed by atoms with Gasteiger partial charge >= 0.3 is 24.3 Å². The van der Waals surface area contributed by atoms with Crippen LogP contribution in [0.1, 0.15) is 75.4 Å². The first-order valence-corrected chi connectivity index (χ1v) is 20.5. The molecule has 1 atom stereocenters. The lowest BCUT2D eigenvalue weighted by Crippen LogP contribution is -2.44. The molecule has 1 unspecified atom stereocenters. The third-order valence-electron chi connectivity index (χ3n) is 9.76. The number of rotatable bonds is 22. The third-order valence-corrected chi connectivity index (χ3v) is 9.76. The van der Waals surface area contributed by atoms with Crippen LogP contribution in [0.3, 0.4) is 0 Å². The molecule has 0 radical (unpaired) electrons. The SMILES string of the molecule is O=C(C=Cc1ccc(OC(=O)c2ccc(OCCCC(F)(F)F)cc2)cc1)CC(c1ccc([N+](=O)[O-])cc1)C(O)(O)C(=O)C=Cc1ccc(OC(=O)c2ccc(OCCCC(F)(F)F)cc2)cc1. The van der Waals surface area contributed by atoms with E-state index in [1.165, 1.54) is 121 Å². The highest BCUT2D eigenvalue weighted by atomic mass is 19.4. The van der Waals surface area contributed by atoms with Gasteiger partial charge in [-0.05, 0) is 114 Å². The molecule has 0 saturated carbocycles. The van der Waals surface area contributed by atoms with E-state index >= 15 is 0 Å². The van der Waals surface area contributed by atoms with E-state index in [-0.39, 0.29) is 71.4 Å². The molecule has 0 heterocycles. The number of halogens is 6. The topological polar surface area (TPSA) is 189 Å². The van der Waals surface area contributed by atoms with Gasteiger partial charge in [-0.2, -0.15) is 26.3 Å². The van der Waals surface area contributed by atoms with Crippen LogP contribution in [-0.2, 0) is 9.59 Å². The van der Waals surface area contributed by atoms with Crippen molar-refractivity contribution >= 4 is 41.3 Å². The molecular formula is C49H41F6NO12. The summed E-state index contributed by atoms with van der Waals surface area (Å²) in [5.41, 5.74) is 0.765. The minimum Gasteiger partial charge on any atom is -0.494 e. The van der Waals surface area contributed by atoms with E-state index < -0.39 is 71.7 Å². The number of carbonyl (C=O) groups is 4. The Morgan fingerprint density at radius 2 is 0.971 bits per heavy atom. The van der Waals surface area contributed by atoms with Gasteiger partial charge in [-0.1, -0.05) is 48.6 Å². The van der Waals surface area contributed by atoms with Crippen molar-refractivity contribution in [1.82, 2.24) is 0 Å². The van der Waals surface area contributed by atoms with E-state index in [0.29, 0.717) is 11.1 Å². The Labute approximate surface area is 384 Å². The first kappa shape index (κ1) is 51.3. The van der Waals surface area contributed by atoms with E-state index in [0.717, 1.165) is 24.3 Å². The normalized spacial score (nSPS) is 12.4. The quantitative estimate of drug-likeness (QED) is 0.00978. The number of nitro groups is 1. The van der Waals surface area contributed by atoms with E-state index in [4.69, 9.17) is 18.9 Å². The molecule has 5 rings (SSSR count). The van der Waals surface area contributed by atoms with Crippen LogP contribution in [0.15, 0.2) is 133 Å². The average Bonchev–Trinajstić information content (AvgIpc) is 3.30. The standard InChI is InChI=1S/C49H41F6NO12/c50-47(51,52)27-1-29-65-39-22-11-35(12-23-39)45(59)67-41-18-4-32(5-19-41)3-17-38(57)31-43(34-9-15-37(16-10-34)56(63)64)49(61,62)44(58)26-8-33-6-20-42(21-7-33)68-46(60)36-13-24-40(25-14-36)66-30-2-28-48(53,54)55/h3-26,43,61-62H,1-2,27-31H2. The maximum Gasteiger partial charge on any atom is 0.389 e. The molecule has 356 valence electrons. The summed E-state index contributed by atoms with van der Waals surface area (Å²) < 4.78 is 95.3. The molecule has 0 aliphatic rings. The lowest BCUT2D eigenvalue weighted by atomic mass is 9.83. The summed E-state index contributed by atoms with van der Waals surface area (Å²) in [5, 5.41) is 33.8. The van der Waals surface area contributed by atoms with Crippen molar-refractivity contribution in [1.29, 1.82) is 0 Å². The van der Waals surface area contributed by atoms with Gasteiger partial charge in [0.05, 0.1) is 35.2 Å². The zero-order valence-electron chi connectivity index (χ0n) is 35.6. The van der Waals surface area contributed by atoms with Crippen molar-refractivity contribution in [3.05, 3.63) is 171 Å². The smallest absolute Gasteiger partial charge is 0.389 e. The summed E-state index contributed by atoms with van der Waals surface area (Å²) in [6.07, 6.45) is -7.07. The highest BCUT2D eigenvalue weighted by Crippen LogP contribution is 2.33. The van der Waals surface area contributed by atoms with Crippen molar-refractivity contribution in [3.63, 3.8) is 0 Å². The molecular weight excluding hydrogens is 909 g/mol. The van der Waals surface area contributed by atoms with Crippen LogP contribution in [0.2, 0.25) is 0 Å². The van der Waals surface area contributed by atoms with Gasteiger partial charge in [-0.15, -0.1) is 0 Å². The summed E-state index contributed by atoms with van der Waals surface area (Å²) in [7, 11) is 0. The predicted octanol–water partition coefficient (Wildman–Crippen LogP) is 10.2. The van der Waals surface area contributed by atoms with Gasteiger partial charge in [-0.3, -0.25) is 19.7 Å². The molecule has 19 heteroatoms. The highest BCUT2D eigenvalue weighted by Gasteiger charge is 2.42. The Balaban J connectivity index is 1.17. The first-order chi connectivity index (χ1) is 32.1. The second-order valence-electron chi connectivity index (χ2n) is 14.9. The molecule has 0 aromatic heterocycles. The highest BCUT2D eigenvalue weighted by molar-refractivity contribution is 6.01. The number of ether oxygens (including phenoxy) is 4. The minimum absolute atomic E-state index is 0.0210. The maximum atomic E-state index is 13.4. The van der Waals surface area contributed by atoms with Crippen molar-refractivity contribution in [3.8, 4) is 23.0 Å². The molecule has 0 amide bonds. The lowest BCUT2D eigenvalue weighted by Gasteiger charge is -2.29. The number of alkyl halides is 6. The average molecular weight is 950 g/mol. The molecule has 2 N–H and O–H groups in total. The van der Waals surface area contributed by atoms with Gasteiger partial charge in [0.15, 0.2) is 5.78 Å². The van der Waals surface area contributed by atoms with Crippen LogP contribution in [0, 0.1) is 10.1 Å². The van der Waals surface area contributed by atoms with Crippen molar-refractivity contribution < 1.29 is 79.6 Å². The summed E-state index contributed by atoms with van der Waals surface area (Å²) >= 11 is 0. The van der Waals surface area contributed by atoms with Crippen LogP contribution in [0.25, 0.3) is 12.2 Å². The Bertz CT molecular complexity index is 2570. The zero-order valence-corrected chi connectivity index (χ0v) is 35.6. The van der Waals surface area contributed by atoms with Crippen LogP contribution < -0.4 is 18.9 Å². The van der Waals surface area contributed by atoms with Gasteiger partial charge in [0, 0.05) is 31.4 Å². The number of nitro benzene ring substituents is 1. The number of hydrogen-bond donors (Lipinski definition) is 2. The first-order valence-electron chi connectivity index (χ1n) is 20.5. The van der Waals surface area contributed by atoms with E-state index in [1.807, 2.05) is 0 Å².